The van der Waals surface area contributed by atoms with Gasteiger partial charge in [-0.3, -0.25) is 4.79 Å². The van der Waals surface area contributed by atoms with Crippen molar-refractivity contribution in [2.45, 2.75) is 45.3 Å². The van der Waals surface area contributed by atoms with E-state index in [-0.39, 0.29) is 24.2 Å². The average molecular weight is 363 g/mol. The highest BCUT2D eigenvalue weighted by Gasteiger charge is 2.39. The van der Waals surface area contributed by atoms with E-state index in [9.17, 15) is 9.59 Å². The van der Waals surface area contributed by atoms with Crippen LogP contribution in [-0.2, 0) is 9.53 Å². The van der Waals surface area contributed by atoms with Crippen LogP contribution in [0.25, 0.3) is 0 Å². The Balaban J connectivity index is 2.26. The van der Waals surface area contributed by atoms with Crippen molar-refractivity contribution in [3.05, 3.63) is 35.4 Å². The van der Waals surface area contributed by atoms with Crippen molar-refractivity contribution in [3.8, 4) is 0 Å². The van der Waals surface area contributed by atoms with Crippen molar-refractivity contribution in [3.63, 3.8) is 0 Å². The van der Waals surface area contributed by atoms with Crippen molar-refractivity contribution in [2.75, 3.05) is 6.54 Å². The average Bonchev–Trinajstić information content (AvgIpc) is 2.96. The smallest absolute Gasteiger partial charge is 0.410 e. The van der Waals surface area contributed by atoms with Crippen molar-refractivity contribution in [2.24, 2.45) is 16.8 Å². The van der Waals surface area contributed by atoms with Gasteiger partial charge in [0.1, 0.15) is 5.60 Å². The molecular weight excluding hydrogens is 338 g/mol. The molecule has 1 saturated heterocycles. The van der Waals surface area contributed by atoms with Crippen LogP contribution in [0.4, 0.5) is 4.79 Å². The van der Waals surface area contributed by atoms with E-state index >= 15 is 0 Å². The number of carbonyl (C=O) groups is 2. The number of hydrogen-bond acceptors (Lipinski definition) is 5. The topological polar surface area (TPSA) is 125 Å². The van der Waals surface area contributed by atoms with E-state index in [2.05, 4.69) is 5.16 Å². The van der Waals surface area contributed by atoms with Gasteiger partial charge in [0.05, 0.1) is 6.04 Å². The molecule has 1 amide bonds. The molecule has 0 saturated carbocycles. The first-order chi connectivity index (χ1) is 12.1. The molecule has 1 fully saturated rings. The number of benzene rings is 1. The maximum atomic E-state index is 12.6. The second-order valence-corrected chi connectivity index (χ2v) is 7.46. The van der Waals surface area contributed by atoms with E-state index in [1.165, 1.54) is 0 Å². The molecule has 0 spiro atoms. The third-order valence-corrected chi connectivity index (χ3v) is 4.18. The summed E-state index contributed by atoms with van der Waals surface area (Å²) < 4.78 is 5.47. The number of ether oxygens (including phenoxy) is 1. The fourth-order valence-corrected chi connectivity index (χ4v) is 3.09. The molecule has 1 aromatic carbocycles. The Hall–Kier alpha value is -2.77. The van der Waals surface area contributed by atoms with Gasteiger partial charge in [-0.15, -0.1) is 0 Å². The van der Waals surface area contributed by atoms with Gasteiger partial charge in [0, 0.05) is 18.5 Å². The number of carboxylic acids is 1. The third kappa shape index (κ3) is 4.87. The van der Waals surface area contributed by atoms with Gasteiger partial charge in [-0.1, -0.05) is 29.4 Å². The van der Waals surface area contributed by atoms with Crippen LogP contribution < -0.4 is 5.73 Å². The van der Waals surface area contributed by atoms with E-state index in [1.54, 1.807) is 49.9 Å². The first-order valence-corrected chi connectivity index (χ1v) is 8.40. The zero-order chi connectivity index (χ0) is 19.5. The normalized spacial score (nSPS) is 20.9. The van der Waals surface area contributed by atoms with Crippen LogP contribution in [0.3, 0.4) is 0 Å². The first-order valence-electron chi connectivity index (χ1n) is 8.40. The van der Waals surface area contributed by atoms with Crippen molar-refractivity contribution >= 4 is 17.9 Å². The van der Waals surface area contributed by atoms with Gasteiger partial charge in [0.2, 0.25) is 0 Å². The molecule has 1 aliphatic heterocycles. The molecule has 8 heteroatoms. The van der Waals surface area contributed by atoms with Gasteiger partial charge in [-0.05, 0) is 38.7 Å². The predicted molar refractivity (Wildman–Crippen MR) is 95.0 cm³/mol. The summed E-state index contributed by atoms with van der Waals surface area (Å²) in [5, 5.41) is 20.8. The molecule has 1 aliphatic rings. The third-order valence-electron chi connectivity index (χ3n) is 4.18. The molecule has 142 valence electrons. The molecule has 0 aliphatic carbocycles. The monoisotopic (exact) mass is 363 g/mol. The fourth-order valence-electron chi connectivity index (χ4n) is 3.09. The second-order valence-electron chi connectivity index (χ2n) is 7.46. The minimum absolute atomic E-state index is 0.00198. The maximum Gasteiger partial charge on any atom is 0.410 e. The summed E-state index contributed by atoms with van der Waals surface area (Å²) in [5.41, 5.74) is 6.33. The molecule has 2 atom stereocenters. The lowest BCUT2D eigenvalue weighted by Gasteiger charge is -2.29. The molecule has 2 unspecified atom stereocenters. The number of nitrogens with zero attached hydrogens (tertiary/aromatic N) is 2. The number of carboxylic acid groups (broad SMARTS) is 1. The summed E-state index contributed by atoms with van der Waals surface area (Å²) in [6.45, 7) is 5.69. The number of amidine groups is 1. The molecule has 1 heterocycles. The van der Waals surface area contributed by atoms with Gasteiger partial charge in [-0.2, -0.15) is 0 Å². The standard InChI is InChI=1S/C18H25N3O5/c1-18(2,3)26-17(24)21-10-11(9-15(22)23)8-14(21)12-4-6-13(7-5-12)16(19)20-25/h4-7,11,14,25H,8-10H2,1-3H3,(H2,19,20)(H,22,23). The van der Waals surface area contributed by atoms with E-state index in [1.807, 2.05) is 0 Å². The van der Waals surface area contributed by atoms with E-state index in [0.717, 1.165) is 5.56 Å². The van der Waals surface area contributed by atoms with Crippen LogP contribution in [0.2, 0.25) is 0 Å². The Labute approximate surface area is 152 Å². The Bertz CT molecular complexity index is 694. The lowest BCUT2D eigenvalue weighted by atomic mass is 9.97. The first kappa shape index (κ1) is 19.6. The molecule has 0 radical (unpaired) electrons. The zero-order valence-corrected chi connectivity index (χ0v) is 15.2. The molecule has 1 aromatic rings. The van der Waals surface area contributed by atoms with E-state index < -0.39 is 17.7 Å². The largest absolute Gasteiger partial charge is 0.481 e. The van der Waals surface area contributed by atoms with Crippen LogP contribution >= 0.6 is 0 Å². The Morgan fingerprint density at radius 1 is 1.31 bits per heavy atom. The summed E-state index contributed by atoms with van der Waals surface area (Å²) in [4.78, 5) is 25.2. The van der Waals surface area contributed by atoms with Gasteiger partial charge in [-0.25, -0.2) is 4.79 Å². The van der Waals surface area contributed by atoms with E-state index in [0.29, 0.717) is 18.5 Å². The minimum Gasteiger partial charge on any atom is -0.481 e. The number of rotatable bonds is 4. The van der Waals surface area contributed by atoms with Gasteiger partial charge in [0.25, 0.3) is 0 Å². The summed E-state index contributed by atoms with van der Waals surface area (Å²) >= 11 is 0. The number of likely N-dealkylation sites (tertiary alicyclic amines) is 1. The molecule has 2 rings (SSSR count). The second kappa shape index (κ2) is 7.63. The summed E-state index contributed by atoms with van der Waals surface area (Å²) in [6.07, 6.45) is 0.0721. The van der Waals surface area contributed by atoms with Crippen LogP contribution in [0.15, 0.2) is 29.4 Å². The summed E-state index contributed by atoms with van der Waals surface area (Å²) in [6, 6.07) is 6.69. The van der Waals surface area contributed by atoms with E-state index in [4.69, 9.17) is 20.8 Å². The minimum atomic E-state index is -0.887. The number of carbonyl (C=O) groups excluding carboxylic acids is 1. The molecule has 0 aromatic heterocycles. The highest BCUT2D eigenvalue weighted by molar-refractivity contribution is 5.97. The number of oxime groups is 1. The van der Waals surface area contributed by atoms with Crippen molar-refractivity contribution in [1.82, 2.24) is 4.90 Å². The van der Waals surface area contributed by atoms with Crippen LogP contribution in [0.5, 0.6) is 0 Å². The van der Waals surface area contributed by atoms with Crippen molar-refractivity contribution in [1.29, 1.82) is 0 Å². The molecular formula is C18H25N3O5. The SMILES string of the molecule is CC(C)(C)OC(=O)N1CC(CC(=O)O)CC1c1ccc(/C(N)=N\O)cc1. The summed E-state index contributed by atoms with van der Waals surface area (Å²) in [7, 11) is 0. The lowest BCUT2D eigenvalue weighted by molar-refractivity contribution is -0.138. The molecule has 8 nitrogen and oxygen atoms in total. The van der Waals surface area contributed by atoms with Gasteiger partial charge < -0.3 is 25.7 Å². The predicted octanol–water partition coefficient (Wildman–Crippen LogP) is 2.55. The number of aliphatic carboxylic acids is 1. The molecule has 26 heavy (non-hydrogen) atoms. The van der Waals surface area contributed by atoms with Crippen LogP contribution in [0, 0.1) is 5.92 Å². The zero-order valence-electron chi connectivity index (χ0n) is 15.2. The van der Waals surface area contributed by atoms with Crippen LogP contribution in [0.1, 0.15) is 50.8 Å². The molecule has 0 bridgehead atoms. The maximum absolute atomic E-state index is 12.6. The summed E-state index contributed by atoms with van der Waals surface area (Å²) in [5.74, 6) is -1.04. The van der Waals surface area contributed by atoms with Gasteiger partial charge in [0.15, 0.2) is 5.84 Å². The lowest BCUT2D eigenvalue weighted by Crippen LogP contribution is -2.37. The highest BCUT2D eigenvalue weighted by atomic mass is 16.6. The fraction of sp³-hybridized carbons (Fsp3) is 0.500. The number of nitrogens with two attached hydrogens (primary N) is 1. The Morgan fingerprint density at radius 3 is 2.42 bits per heavy atom. The molecule has 4 N–H and O–H groups in total. The highest BCUT2D eigenvalue weighted by Crippen LogP contribution is 2.38. The number of hydrogen-bond donors (Lipinski definition) is 3. The number of amides is 1. The van der Waals surface area contributed by atoms with Crippen molar-refractivity contribution < 1.29 is 24.6 Å². The quantitative estimate of drug-likeness (QED) is 0.327. The van der Waals surface area contributed by atoms with Crippen LogP contribution in [-0.4, -0.2) is 45.3 Å². The Kier molecular flexibility index (Phi) is 5.74. The Morgan fingerprint density at radius 2 is 1.92 bits per heavy atom. The van der Waals surface area contributed by atoms with Gasteiger partial charge >= 0.3 is 12.1 Å².